The highest BCUT2D eigenvalue weighted by atomic mass is 35.5. The molecule has 44 heavy (non-hydrogen) atoms. The average molecular weight is 675 g/mol. The Labute approximate surface area is 268 Å². The third-order valence-corrected chi connectivity index (χ3v) is 8.69. The molecule has 0 radical (unpaired) electrons. The SMILES string of the molecule is CC(C)(C)OC(=O)N[C@@H](CCCCC/C=C\[C@@H]1C[C@@H]1C(=O)NS(=O)(=O)Nc1ccc(Cl)cc1Cl)C(=O)N1CCC[C@H]1C(N)=O. The fraction of sp³-hybridized carbons (Fsp3) is 0.586. The number of alkyl carbamates (subject to hydrolysis) is 1. The minimum atomic E-state index is -4.16. The highest BCUT2D eigenvalue weighted by molar-refractivity contribution is 7.91. The maximum Gasteiger partial charge on any atom is 0.408 e. The fourth-order valence-corrected chi connectivity index (χ4v) is 6.42. The number of ether oxygens (including phenoxy) is 1. The van der Waals surface area contributed by atoms with E-state index in [4.69, 9.17) is 33.7 Å². The number of halogens is 2. The number of nitrogens with zero attached hydrogens (tertiary/aromatic N) is 1. The Balaban J connectivity index is 1.41. The summed E-state index contributed by atoms with van der Waals surface area (Å²) in [5.41, 5.74) is 4.85. The molecule has 12 nitrogen and oxygen atoms in total. The normalized spacial score (nSPS) is 20.7. The summed E-state index contributed by atoms with van der Waals surface area (Å²) in [6, 6.07) is 2.75. The molecule has 2 fully saturated rings. The number of nitrogens with one attached hydrogen (secondary N) is 3. The summed E-state index contributed by atoms with van der Waals surface area (Å²) in [5.74, 6) is -1.99. The van der Waals surface area contributed by atoms with Crippen LogP contribution in [0, 0.1) is 11.8 Å². The van der Waals surface area contributed by atoms with Crippen molar-refractivity contribution in [2.24, 2.45) is 17.6 Å². The molecule has 0 bridgehead atoms. The molecule has 1 saturated carbocycles. The number of rotatable bonds is 14. The van der Waals surface area contributed by atoms with Crippen LogP contribution in [0.5, 0.6) is 0 Å². The van der Waals surface area contributed by atoms with Crippen LogP contribution in [0.2, 0.25) is 10.0 Å². The van der Waals surface area contributed by atoms with Gasteiger partial charge in [0.2, 0.25) is 17.7 Å². The molecule has 244 valence electrons. The van der Waals surface area contributed by atoms with E-state index in [1.54, 1.807) is 20.8 Å². The van der Waals surface area contributed by atoms with Gasteiger partial charge in [0.25, 0.3) is 0 Å². The molecular formula is C29H41Cl2N5O7S. The number of primary amides is 1. The van der Waals surface area contributed by atoms with Gasteiger partial charge in [0.1, 0.15) is 17.7 Å². The van der Waals surface area contributed by atoms with Crippen molar-refractivity contribution in [1.82, 2.24) is 14.9 Å². The molecule has 5 N–H and O–H groups in total. The number of nitrogens with two attached hydrogens (primary N) is 1. The molecule has 4 atom stereocenters. The van der Waals surface area contributed by atoms with Crippen LogP contribution in [-0.2, 0) is 29.3 Å². The summed E-state index contributed by atoms with van der Waals surface area (Å²) in [6.45, 7) is 5.60. The lowest BCUT2D eigenvalue weighted by molar-refractivity contribution is -0.139. The van der Waals surface area contributed by atoms with Crippen LogP contribution in [0.4, 0.5) is 10.5 Å². The fourth-order valence-electron chi connectivity index (χ4n) is 4.97. The first-order valence-corrected chi connectivity index (χ1v) is 16.9. The molecule has 15 heteroatoms. The van der Waals surface area contributed by atoms with E-state index < -0.39 is 51.7 Å². The third-order valence-electron chi connectivity index (χ3n) is 7.19. The molecule has 1 heterocycles. The van der Waals surface area contributed by atoms with Gasteiger partial charge in [0, 0.05) is 17.5 Å². The van der Waals surface area contributed by atoms with E-state index in [1.165, 1.54) is 23.1 Å². The van der Waals surface area contributed by atoms with Crippen LogP contribution in [0.15, 0.2) is 30.4 Å². The van der Waals surface area contributed by atoms with E-state index in [2.05, 4.69) is 10.0 Å². The summed E-state index contributed by atoms with van der Waals surface area (Å²) in [7, 11) is -4.16. The number of allylic oxidation sites excluding steroid dienone is 2. The quantitative estimate of drug-likeness (QED) is 0.168. The monoisotopic (exact) mass is 673 g/mol. The number of unbranched alkanes of at least 4 members (excludes halogenated alkanes) is 3. The molecule has 0 spiro atoms. The van der Waals surface area contributed by atoms with Gasteiger partial charge in [-0.25, -0.2) is 9.52 Å². The van der Waals surface area contributed by atoms with E-state index in [0.29, 0.717) is 43.7 Å². The topological polar surface area (TPSA) is 177 Å². The maximum absolute atomic E-state index is 13.3. The Kier molecular flexibility index (Phi) is 12.3. The molecule has 4 amide bonds. The van der Waals surface area contributed by atoms with Gasteiger partial charge in [-0.05, 0) is 83.4 Å². The summed E-state index contributed by atoms with van der Waals surface area (Å²) in [4.78, 5) is 51.4. The van der Waals surface area contributed by atoms with Crippen molar-refractivity contribution < 1.29 is 32.3 Å². The first-order valence-electron chi connectivity index (χ1n) is 14.6. The van der Waals surface area contributed by atoms with Gasteiger partial charge in [-0.15, -0.1) is 0 Å². The zero-order valence-corrected chi connectivity index (χ0v) is 27.4. The van der Waals surface area contributed by atoms with Crippen molar-refractivity contribution in [2.75, 3.05) is 11.3 Å². The molecule has 1 aromatic carbocycles. The summed E-state index contributed by atoms with van der Waals surface area (Å²) in [6.07, 6.45) is 8.21. The van der Waals surface area contributed by atoms with Gasteiger partial charge in [-0.2, -0.15) is 8.42 Å². The molecule has 0 unspecified atom stereocenters. The Hall–Kier alpha value is -3.03. The predicted octanol–water partition coefficient (Wildman–Crippen LogP) is 4.28. The number of benzene rings is 1. The van der Waals surface area contributed by atoms with Gasteiger partial charge in [-0.3, -0.25) is 19.1 Å². The molecular weight excluding hydrogens is 633 g/mol. The van der Waals surface area contributed by atoms with E-state index in [-0.39, 0.29) is 22.5 Å². The van der Waals surface area contributed by atoms with Crippen molar-refractivity contribution in [2.45, 2.75) is 89.8 Å². The summed E-state index contributed by atoms with van der Waals surface area (Å²) in [5, 5.41) is 3.12. The van der Waals surface area contributed by atoms with Crippen LogP contribution in [-0.4, -0.2) is 61.4 Å². The van der Waals surface area contributed by atoms with E-state index >= 15 is 0 Å². The number of carbonyl (C=O) groups excluding carboxylic acids is 4. The highest BCUT2D eigenvalue weighted by Gasteiger charge is 2.42. The van der Waals surface area contributed by atoms with Gasteiger partial charge < -0.3 is 20.7 Å². The number of amides is 4. The van der Waals surface area contributed by atoms with Gasteiger partial charge in [-0.1, -0.05) is 48.2 Å². The van der Waals surface area contributed by atoms with E-state index in [0.717, 1.165) is 19.3 Å². The molecule has 1 aliphatic heterocycles. The number of anilines is 1. The van der Waals surface area contributed by atoms with E-state index in [1.807, 2.05) is 16.9 Å². The van der Waals surface area contributed by atoms with E-state index in [9.17, 15) is 27.6 Å². The standard InChI is InChI=1S/C29H41Cl2N5O7S/c1-29(2,3)43-28(40)33-23(27(39)36-15-9-12-24(36)25(32)37)11-8-6-4-5-7-10-18-16-20(18)26(38)35-44(41,42)34-22-14-13-19(30)17-21(22)31/h7,10,13-14,17-18,20,23-24,34H,4-6,8-9,11-12,15-16H2,1-3H3,(H2,32,37)(H,33,40)(H,35,38)/b10-7-/t18-,20+,23+,24+/m1/s1. The lowest BCUT2D eigenvalue weighted by atomic mass is 10.0. The summed E-state index contributed by atoms with van der Waals surface area (Å²) < 4.78 is 34.3. The van der Waals surface area contributed by atoms with Gasteiger partial charge >= 0.3 is 16.3 Å². The Bertz CT molecular complexity index is 1370. The zero-order valence-electron chi connectivity index (χ0n) is 25.1. The van der Waals surface area contributed by atoms with Gasteiger partial charge in [0.05, 0.1) is 10.7 Å². The highest BCUT2D eigenvalue weighted by Crippen LogP contribution is 2.40. The second kappa shape index (κ2) is 15.3. The summed E-state index contributed by atoms with van der Waals surface area (Å²) >= 11 is 11.8. The van der Waals surface area contributed by atoms with Crippen LogP contribution in [0.25, 0.3) is 0 Å². The van der Waals surface area contributed by atoms with Crippen molar-refractivity contribution >= 4 is 62.9 Å². The lowest BCUT2D eigenvalue weighted by Gasteiger charge is -2.28. The molecule has 3 rings (SSSR count). The number of hydrogen-bond acceptors (Lipinski definition) is 7. The first kappa shape index (κ1) is 35.4. The van der Waals surface area contributed by atoms with Gasteiger partial charge in [0.15, 0.2) is 0 Å². The molecule has 1 aliphatic carbocycles. The number of hydrogen-bond donors (Lipinski definition) is 4. The van der Waals surface area contributed by atoms with Crippen molar-refractivity contribution in [1.29, 1.82) is 0 Å². The molecule has 1 saturated heterocycles. The Morgan fingerprint density at radius 1 is 1.16 bits per heavy atom. The second-order valence-electron chi connectivity index (χ2n) is 12.1. The number of likely N-dealkylation sites (tertiary alicyclic amines) is 1. The first-order chi connectivity index (χ1) is 20.6. The lowest BCUT2D eigenvalue weighted by Crippen LogP contribution is -2.53. The maximum atomic E-state index is 13.3. The number of carbonyl (C=O) groups is 4. The van der Waals surface area contributed by atoms with Crippen LogP contribution in [0.1, 0.15) is 72.1 Å². The Morgan fingerprint density at radius 3 is 2.55 bits per heavy atom. The van der Waals surface area contributed by atoms with Crippen LogP contribution in [0.3, 0.4) is 0 Å². The minimum absolute atomic E-state index is 0.0528. The van der Waals surface area contributed by atoms with Crippen molar-refractivity contribution in [3.05, 3.63) is 40.4 Å². The minimum Gasteiger partial charge on any atom is -0.444 e. The molecule has 0 aromatic heterocycles. The molecule has 2 aliphatic rings. The van der Waals surface area contributed by atoms with Crippen molar-refractivity contribution in [3.8, 4) is 0 Å². The predicted molar refractivity (Wildman–Crippen MR) is 168 cm³/mol. The second-order valence-corrected chi connectivity index (χ2v) is 14.3. The average Bonchev–Trinajstić information content (AvgIpc) is 3.50. The Morgan fingerprint density at radius 2 is 1.89 bits per heavy atom. The largest absolute Gasteiger partial charge is 0.444 e. The zero-order chi connectivity index (χ0) is 32.7. The smallest absolute Gasteiger partial charge is 0.408 e. The van der Waals surface area contributed by atoms with Crippen LogP contribution < -0.4 is 20.5 Å². The van der Waals surface area contributed by atoms with Crippen molar-refractivity contribution in [3.63, 3.8) is 0 Å². The third kappa shape index (κ3) is 11.2. The van der Waals surface area contributed by atoms with Crippen LogP contribution >= 0.6 is 23.2 Å². The molecule has 1 aromatic rings.